The van der Waals surface area contributed by atoms with Gasteiger partial charge in [0, 0.05) is 29.1 Å². The highest BCUT2D eigenvalue weighted by Crippen LogP contribution is 2.52. The summed E-state index contributed by atoms with van der Waals surface area (Å²) in [4.78, 5) is 15.3. The smallest absolute Gasteiger partial charge is 0.325 e. The molecule has 1 aliphatic carbocycles. The molecular weight excluding hydrogens is 390 g/mol. The van der Waals surface area contributed by atoms with E-state index in [4.69, 9.17) is 0 Å². The predicted octanol–water partition coefficient (Wildman–Crippen LogP) is 2.37. The number of rotatable bonds is 5. The Morgan fingerprint density at radius 3 is 2.62 bits per heavy atom. The van der Waals surface area contributed by atoms with Gasteiger partial charge in [-0.1, -0.05) is 48.5 Å². The van der Waals surface area contributed by atoms with Crippen LogP contribution in [0.2, 0.25) is 0 Å². The number of para-hydroxylation sites is 1. The van der Waals surface area contributed by atoms with Crippen LogP contribution in [0, 0.1) is 0 Å². The molecular formula is C21H21N3O4S. The lowest BCUT2D eigenvalue weighted by Gasteiger charge is -2.28. The van der Waals surface area contributed by atoms with Crippen LogP contribution in [0.3, 0.4) is 0 Å². The van der Waals surface area contributed by atoms with Gasteiger partial charge in [-0.2, -0.15) is 17.4 Å². The van der Waals surface area contributed by atoms with Crippen LogP contribution < -0.4 is 4.72 Å². The van der Waals surface area contributed by atoms with Gasteiger partial charge in [0.1, 0.15) is 5.54 Å². The van der Waals surface area contributed by atoms with Crippen LogP contribution in [-0.2, 0) is 28.0 Å². The first-order valence-corrected chi connectivity index (χ1v) is 11.0. The van der Waals surface area contributed by atoms with Gasteiger partial charge in [0.15, 0.2) is 0 Å². The maximum atomic E-state index is 13.1. The quantitative estimate of drug-likeness (QED) is 0.600. The van der Waals surface area contributed by atoms with E-state index in [-0.39, 0.29) is 18.9 Å². The second kappa shape index (κ2) is 6.41. The second-order valence-electron chi connectivity index (χ2n) is 7.76. The Kier molecular flexibility index (Phi) is 4.06. The van der Waals surface area contributed by atoms with Gasteiger partial charge in [0.05, 0.1) is 6.54 Å². The molecule has 150 valence electrons. The first-order valence-electron chi connectivity index (χ1n) is 9.56. The van der Waals surface area contributed by atoms with Crippen LogP contribution >= 0.6 is 0 Å². The van der Waals surface area contributed by atoms with E-state index < -0.39 is 21.7 Å². The van der Waals surface area contributed by atoms with Crippen molar-refractivity contribution in [3.05, 3.63) is 71.4 Å². The zero-order valence-electron chi connectivity index (χ0n) is 15.6. The molecule has 7 nitrogen and oxygen atoms in total. The molecule has 3 aromatic rings. The molecule has 2 atom stereocenters. The van der Waals surface area contributed by atoms with Crippen molar-refractivity contribution in [2.24, 2.45) is 0 Å². The van der Waals surface area contributed by atoms with Crippen molar-refractivity contribution >= 4 is 27.1 Å². The number of aliphatic carboxylic acids is 1. The topological polar surface area (TPSA) is 102 Å². The fraction of sp³-hybridized carbons (Fsp3) is 0.286. The van der Waals surface area contributed by atoms with E-state index in [0.29, 0.717) is 13.0 Å². The molecule has 0 bridgehead atoms. The summed E-state index contributed by atoms with van der Waals surface area (Å²) in [5.41, 5.74) is 2.32. The molecule has 2 aromatic carbocycles. The third-order valence-electron chi connectivity index (χ3n) is 6.04. The molecule has 8 heteroatoms. The van der Waals surface area contributed by atoms with Crippen LogP contribution in [0.15, 0.2) is 54.6 Å². The van der Waals surface area contributed by atoms with E-state index in [1.54, 1.807) is 0 Å². The number of carboxylic acids is 1. The largest absolute Gasteiger partial charge is 0.480 e. The van der Waals surface area contributed by atoms with Crippen molar-refractivity contribution < 1.29 is 18.3 Å². The minimum Gasteiger partial charge on any atom is -0.480 e. The second-order valence-corrected chi connectivity index (χ2v) is 9.43. The molecule has 0 unspecified atom stereocenters. The summed E-state index contributed by atoms with van der Waals surface area (Å²) in [6.45, 7) is 0.515. The van der Waals surface area contributed by atoms with Gasteiger partial charge in [-0.3, -0.25) is 4.79 Å². The number of fused-ring (bicyclic) bond motifs is 3. The number of nitrogens with one attached hydrogen (secondary N) is 2. The number of carboxylic acid groups (broad SMARTS) is 1. The van der Waals surface area contributed by atoms with Crippen molar-refractivity contribution in [2.75, 3.05) is 6.54 Å². The highest BCUT2D eigenvalue weighted by molar-refractivity contribution is 7.87. The van der Waals surface area contributed by atoms with E-state index >= 15 is 0 Å². The van der Waals surface area contributed by atoms with Crippen LogP contribution in [0.1, 0.15) is 29.2 Å². The zero-order chi connectivity index (χ0) is 20.2. The number of hydrogen-bond donors (Lipinski definition) is 3. The number of benzene rings is 2. The first kappa shape index (κ1) is 18.4. The molecule has 1 aliphatic heterocycles. The van der Waals surface area contributed by atoms with Gasteiger partial charge in [0.25, 0.3) is 10.2 Å². The van der Waals surface area contributed by atoms with Crippen molar-refractivity contribution in [2.45, 2.75) is 30.8 Å². The third-order valence-corrected chi connectivity index (χ3v) is 7.66. The number of aromatic amines is 1. The minimum absolute atomic E-state index is 0.199. The number of hydrogen-bond acceptors (Lipinski definition) is 3. The Morgan fingerprint density at radius 2 is 1.86 bits per heavy atom. The number of carbonyl (C=O) groups is 1. The maximum absolute atomic E-state index is 13.1. The number of nitrogens with zero attached hydrogens (tertiary/aromatic N) is 1. The Hall–Kier alpha value is -2.68. The molecule has 1 saturated carbocycles. The fourth-order valence-electron chi connectivity index (χ4n) is 4.41. The number of aromatic nitrogens is 1. The van der Waals surface area contributed by atoms with Gasteiger partial charge in [-0.15, -0.1) is 0 Å². The van der Waals surface area contributed by atoms with Crippen molar-refractivity contribution in [1.29, 1.82) is 0 Å². The predicted molar refractivity (Wildman–Crippen MR) is 109 cm³/mol. The highest BCUT2D eigenvalue weighted by atomic mass is 32.2. The lowest BCUT2D eigenvalue weighted by molar-refractivity contribution is -0.140. The van der Waals surface area contributed by atoms with Crippen LogP contribution in [-0.4, -0.2) is 40.9 Å². The fourth-order valence-corrected chi connectivity index (χ4v) is 5.94. The summed E-state index contributed by atoms with van der Waals surface area (Å²) in [5.74, 6) is -1.51. The standard InChI is InChI=1S/C21H21N3O4S/c25-20(26)21(12-17(21)14-6-2-1-3-7-14)23-29(27,28)24-11-10-16-15-8-4-5-9-18(15)22-19(16)13-24/h1-9,17,22-23H,10-13H2,(H,25,26)/t17-,21+/m0/s1. The summed E-state index contributed by atoms with van der Waals surface area (Å²) < 4.78 is 30.0. The Bertz CT molecular complexity index is 1210. The lowest BCUT2D eigenvalue weighted by Crippen LogP contribution is -2.51. The van der Waals surface area contributed by atoms with Crippen molar-refractivity contribution in [3.63, 3.8) is 0 Å². The van der Waals surface area contributed by atoms with Crippen LogP contribution in [0.4, 0.5) is 0 Å². The molecule has 2 aliphatic rings. The van der Waals surface area contributed by atoms with E-state index in [2.05, 4.69) is 9.71 Å². The van der Waals surface area contributed by atoms with E-state index in [1.165, 1.54) is 4.31 Å². The molecule has 29 heavy (non-hydrogen) atoms. The van der Waals surface area contributed by atoms with Crippen LogP contribution in [0.25, 0.3) is 10.9 Å². The van der Waals surface area contributed by atoms with Gasteiger partial charge >= 0.3 is 5.97 Å². The van der Waals surface area contributed by atoms with E-state index in [1.807, 2.05) is 54.6 Å². The molecule has 5 rings (SSSR count). The highest BCUT2D eigenvalue weighted by Gasteiger charge is 2.63. The lowest BCUT2D eigenvalue weighted by atomic mass is 10.1. The van der Waals surface area contributed by atoms with E-state index in [9.17, 15) is 18.3 Å². The third kappa shape index (κ3) is 2.95. The Labute approximate surface area is 168 Å². The number of H-pyrrole nitrogens is 1. The molecule has 0 amide bonds. The Morgan fingerprint density at radius 1 is 1.14 bits per heavy atom. The van der Waals surface area contributed by atoms with Gasteiger partial charge in [-0.25, -0.2) is 0 Å². The molecule has 1 fully saturated rings. The summed E-state index contributed by atoms with van der Waals surface area (Å²) in [7, 11) is -3.96. The van der Waals surface area contributed by atoms with Crippen molar-refractivity contribution in [3.8, 4) is 0 Å². The molecule has 0 radical (unpaired) electrons. The molecule has 2 heterocycles. The maximum Gasteiger partial charge on any atom is 0.325 e. The normalized spacial score (nSPS) is 24.3. The summed E-state index contributed by atoms with van der Waals surface area (Å²) in [5, 5.41) is 10.9. The van der Waals surface area contributed by atoms with Gasteiger partial charge < -0.3 is 10.1 Å². The van der Waals surface area contributed by atoms with E-state index in [0.717, 1.165) is 27.7 Å². The zero-order valence-corrected chi connectivity index (χ0v) is 16.4. The van der Waals surface area contributed by atoms with Gasteiger partial charge in [-0.05, 0) is 30.0 Å². The minimum atomic E-state index is -3.96. The van der Waals surface area contributed by atoms with Gasteiger partial charge in [0.2, 0.25) is 0 Å². The average Bonchev–Trinajstić information content (AvgIpc) is 3.32. The SMILES string of the molecule is O=C(O)[C@@]1(NS(=O)(=O)N2CCc3c([nH]c4ccccc34)C2)C[C@H]1c1ccccc1. The molecule has 0 saturated heterocycles. The summed E-state index contributed by atoms with van der Waals surface area (Å²) in [6, 6.07) is 17.1. The monoisotopic (exact) mass is 411 g/mol. The summed E-state index contributed by atoms with van der Waals surface area (Å²) in [6.07, 6.45) is 0.833. The average molecular weight is 411 g/mol. The molecule has 0 spiro atoms. The molecule has 3 N–H and O–H groups in total. The first-order chi connectivity index (χ1) is 13.9. The molecule has 1 aromatic heterocycles. The van der Waals surface area contributed by atoms with Crippen molar-refractivity contribution in [1.82, 2.24) is 14.0 Å². The van der Waals surface area contributed by atoms with Crippen LogP contribution in [0.5, 0.6) is 0 Å². The Balaban J connectivity index is 1.40. The summed E-state index contributed by atoms with van der Waals surface area (Å²) >= 11 is 0.